The van der Waals surface area contributed by atoms with Gasteiger partial charge in [-0.3, -0.25) is 9.59 Å². The molecule has 0 N–H and O–H groups in total. The van der Waals surface area contributed by atoms with Gasteiger partial charge in [0.1, 0.15) is 6.61 Å². The maximum atomic E-state index is 12.3. The van der Waals surface area contributed by atoms with Crippen molar-refractivity contribution in [2.45, 2.75) is 85.2 Å². The molecule has 0 aromatic heterocycles. The lowest BCUT2D eigenvalue weighted by Gasteiger charge is -2.20. The number of carbonyl (C=O) groups is 2. The van der Waals surface area contributed by atoms with Crippen LogP contribution in [0.15, 0.2) is 0 Å². The van der Waals surface area contributed by atoms with Crippen molar-refractivity contribution in [3.05, 3.63) is 0 Å². The summed E-state index contributed by atoms with van der Waals surface area (Å²) in [4.78, 5) is 24.6. The number of unbranched alkanes of at least 4 members (excludes halogenated alkanes) is 1. The van der Waals surface area contributed by atoms with E-state index in [0.717, 1.165) is 38.7 Å². The van der Waals surface area contributed by atoms with E-state index >= 15 is 0 Å². The lowest BCUT2D eigenvalue weighted by molar-refractivity contribution is -0.155. The van der Waals surface area contributed by atoms with Crippen LogP contribution in [-0.4, -0.2) is 37.9 Å². The minimum Gasteiger partial charge on any atom is -0.465 e. The normalized spacial score (nSPS) is 20.4. The first kappa shape index (κ1) is 22.9. The molecule has 1 fully saturated rings. The van der Waals surface area contributed by atoms with E-state index in [9.17, 15) is 9.59 Å². The maximum Gasteiger partial charge on any atom is 0.309 e. The van der Waals surface area contributed by atoms with E-state index in [4.69, 9.17) is 14.2 Å². The van der Waals surface area contributed by atoms with Gasteiger partial charge in [-0.25, -0.2) is 0 Å². The molecule has 4 unspecified atom stereocenters. The highest BCUT2D eigenvalue weighted by Crippen LogP contribution is 2.21. The van der Waals surface area contributed by atoms with E-state index in [2.05, 4.69) is 13.8 Å². The first-order valence-corrected chi connectivity index (χ1v) is 10.5. The number of rotatable bonds is 13. The molecule has 1 aliphatic rings. The second-order valence-corrected chi connectivity index (χ2v) is 7.55. The smallest absolute Gasteiger partial charge is 0.309 e. The standard InChI is InChI=1S/C21H38O5/c1-5-8-10-17(6-2)14-25-20(22)16(4)13-18(7-3)21(23)26-15-19-11-9-12-24-19/h16-19H,5-15H2,1-4H3. The highest BCUT2D eigenvalue weighted by molar-refractivity contribution is 5.75. The molecule has 4 atom stereocenters. The first-order chi connectivity index (χ1) is 12.5. The monoisotopic (exact) mass is 370 g/mol. The Balaban J connectivity index is 2.34. The summed E-state index contributed by atoms with van der Waals surface area (Å²) < 4.78 is 16.4. The van der Waals surface area contributed by atoms with Gasteiger partial charge in [-0.2, -0.15) is 0 Å². The third-order valence-electron chi connectivity index (χ3n) is 5.31. The van der Waals surface area contributed by atoms with Crippen LogP contribution >= 0.6 is 0 Å². The minimum atomic E-state index is -0.293. The highest BCUT2D eigenvalue weighted by atomic mass is 16.6. The van der Waals surface area contributed by atoms with Gasteiger partial charge in [0.25, 0.3) is 0 Å². The van der Waals surface area contributed by atoms with Crippen LogP contribution in [-0.2, 0) is 23.8 Å². The molecule has 152 valence electrons. The second-order valence-electron chi connectivity index (χ2n) is 7.55. The SMILES string of the molecule is CCCCC(CC)COC(=O)C(C)CC(CC)C(=O)OCC1CCCO1. The molecule has 1 rings (SSSR count). The molecule has 0 radical (unpaired) electrons. The molecule has 1 aliphatic heterocycles. The zero-order valence-electron chi connectivity index (χ0n) is 17.1. The van der Waals surface area contributed by atoms with E-state index in [1.165, 1.54) is 6.42 Å². The van der Waals surface area contributed by atoms with Gasteiger partial charge in [0, 0.05) is 6.61 Å². The molecule has 0 spiro atoms. The van der Waals surface area contributed by atoms with E-state index in [1.807, 2.05) is 13.8 Å². The molecular weight excluding hydrogens is 332 g/mol. The summed E-state index contributed by atoms with van der Waals surface area (Å²) in [5.74, 6) is -0.549. The quantitative estimate of drug-likeness (QED) is 0.446. The van der Waals surface area contributed by atoms with Gasteiger partial charge in [0.2, 0.25) is 0 Å². The third-order valence-corrected chi connectivity index (χ3v) is 5.31. The van der Waals surface area contributed by atoms with Crippen molar-refractivity contribution in [1.29, 1.82) is 0 Å². The van der Waals surface area contributed by atoms with Crippen LogP contribution in [0.4, 0.5) is 0 Å². The lowest BCUT2D eigenvalue weighted by atomic mass is 9.93. The van der Waals surface area contributed by atoms with E-state index in [-0.39, 0.29) is 29.9 Å². The minimum absolute atomic E-state index is 0.0351. The Labute approximate surface area is 159 Å². The Hall–Kier alpha value is -1.10. The summed E-state index contributed by atoms with van der Waals surface area (Å²) in [6, 6.07) is 0. The molecule has 0 saturated carbocycles. The molecular formula is C21H38O5. The zero-order valence-corrected chi connectivity index (χ0v) is 17.1. The van der Waals surface area contributed by atoms with Crippen LogP contribution in [0.5, 0.6) is 0 Å². The summed E-state index contributed by atoms with van der Waals surface area (Å²) in [5, 5.41) is 0. The summed E-state index contributed by atoms with van der Waals surface area (Å²) >= 11 is 0. The molecule has 0 aliphatic carbocycles. The fourth-order valence-electron chi connectivity index (χ4n) is 3.26. The van der Waals surface area contributed by atoms with Crippen LogP contribution in [0.1, 0.15) is 79.1 Å². The Morgan fingerprint density at radius 1 is 1.12 bits per heavy atom. The van der Waals surface area contributed by atoms with Gasteiger partial charge in [-0.15, -0.1) is 0 Å². The Morgan fingerprint density at radius 3 is 2.46 bits per heavy atom. The Kier molecular flexibility index (Phi) is 11.6. The second kappa shape index (κ2) is 13.1. The lowest BCUT2D eigenvalue weighted by Crippen LogP contribution is -2.27. The first-order valence-electron chi connectivity index (χ1n) is 10.5. The van der Waals surface area contributed by atoms with Crippen LogP contribution in [0.2, 0.25) is 0 Å². The largest absolute Gasteiger partial charge is 0.465 e. The molecule has 26 heavy (non-hydrogen) atoms. The Morgan fingerprint density at radius 2 is 1.88 bits per heavy atom. The van der Waals surface area contributed by atoms with Crippen molar-refractivity contribution in [2.75, 3.05) is 19.8 Å². The van der Waals surface area contributed by atoms with Crippen LogP contribution in [0.3, 0.4) is 0 Å². The molecule has 0 bridgehead atoms. The summed E-state index contributed by atoms with van der Waals surface area (Å²) in [7, 11) is 0. The number of carbonyl (C=O) groups excluding carboxylic acids is 2. The van der Waals surface area contributed by atoms with E-state index < -0.39 is 0 Å². The average molecular weight is 371 g/mol. The third kappa shape index (κ3) is 8.52. The molecule has 5 nitrogen and oxygen atoms in total. The number of ether oxygens (including phenoxy) is 3. The maximum absolute atomic E-state index is 12.3. The van der Waals surface area contributed by atoms with Gasteiger partial charge in [-0.05, 0) is 38.0 Å². The number of esters is 2. The van der Waals surface area contributed by atoms with Crippen molar-refractivity contribution in [3.63, 3.8) is 0 Å². The van der Waals surface area contributed by atoms with Crippen LogP contribution < -0.4 is 0 Å². The van der Waals surface area contributed by atoms with Crippen molar-refractivity contribution < 1.29 is 23.8 Å². The topological polar surface area (TPSA) is 61.8 Å². The molecule has 5 heteroatoms. The van der Waals surface area contributed by atoms with Crippen molar-refractivity contribution >= 4 is 11.9 Å². The molecule has 0 amide bonds. The molecule has 0 aromatic carbocycles. The fourth-order valence-corrected chi connectivity index (χ4v) is 3.26. The van der Waals surface area contributed by atoms with E-state index in [1.54, 1.807) is 0 Å². The van der Waals surface area contributed by atoms with Gasteiger partial charge >= 0.3 is 11.9 Å². The van der Waals surface area contributed by atoms with Gasteiger partial charge in [-0.1, -0.05) is 47.0 Å². The predicted molar refractivity (Wildman–Crippen MR) is 102 cm³/mol. The molecule has 1 heterocycles. The van der Waals surface area contributed by atoms with Crippen LogP contribution in [0, 0.1) is 17.8 Å². The van der Waals surface area contributed by atoms with E-state index in [0.29, 0.717) is 32.0 Å². The summed E-state index contributed by atoms with van der Waals surface area (Å²) in [6.07, 6.45) is 7.60. The average Bonchev–Trinajstić information content (AvgIpc) is 3.17. The predicted octanol–water partition coefficient (Wildman–Crippen LogP) is 4.52. The van der Waals surface area contributed by atoms with Crippen molar-refractivity contribution in [3.8, 4) is 0 Å². The fraction of sp³-hybridized carbons (Fsp3) is 0.905. The molecule has 0 aromatic rings. The zero-order chi connectivity index (χ0) is 19.4. The van der Waals surface area contributed by atoms with Gasteiger partial charge < -0.3 is 14.2 Å². The summed E-state index contributed by atoms with van der Waals surface area (Å²) in [5.41, 5.74) is 0. The van der Waals surface area contributed by atoms with Crippen LogP contribution in [0.25, 0.3) is 0 Å². The molecule has 1 saturated heterocycles. The van der Waals surface area contributed by atoms with Crippen molar-refractivity contribution in [1.82, 2.24) is 0 Å². The summed E-state index contributed by atoms with van der Waals surface area (Å²) in [6.45, 7) is 9.65. The number of hydrogen-bond acceptors (Lipinski definition) is 5. The number of hydrogen-bond donors (Lipinski definition) is 0. The highest BCUT2D eigenvalue weighted by Gasteiger charge is 2.27. The van der Waals surface area contributed by atoms with Gasteiger partial charge in [0.15, 0.2) is 0 Å². The Bertz CT molecular complexity index is 403. The van der Waals surface area contributed by atoms with Gasteiger partial charge in [0.05, 0.1) is 24.5 Å². The van der Waals surface area contributed by atoms with Crippen molar-refractivity contribution in [2.24, 2.45) is 17.8 Å².